The first-order valence-electron chi connectivity index (χ1n) is 5.96. The van der Waals surface area contributed by atoms with E-state index < -0.39 is 0 Å². The lowest BCUT2D eigenvalue weighted by Crippen LogP contribution is -2.34. The van der Waals surface area contributed by atoms with E-state index in [1.54, 1.807) is 0 Å². The summed E-state index contributed by atoms with van der Waals surface area (Å²) in [6.45, 7) is 6.35. The molecule has 3 heteroatoms. The van der Waals surface area contributed by atoms with Crippen LogP contribution >= 0.6 is 12.6 Å². The zero-order chi connectivity index (χ0) is 11.7. The van der Waals surface area contributed by atoms with E-state index in [0.717, 1.165) is 25.7 Å². The van der Waals surface area contributed by atoms with Crippen LogP contribution in [-0.2, 0) is 9.53 Å². The highest BCUT2D eigenvalue weighted by Crippen LogP contribution is 2.27. The number of carbonyl (C=O) groups excluding carboxylic acids is 1. The predicted octanol–water partition coefficient (Wildman–Crippen LogP) is 3.60. The molecule has 0 aliphatic rings. The average Bonchev–Trinajstić information content (AvgIpc) is 2.27. The molecular weight excluding hydrogens is 208 g/mol. The van der Waals surface area contributed by atoms with Crippen molar-refractivity contribution >= 4 is 18.6 Å². The van der Waals surface area contributed by atoms with E-state index in [-0.39, 0.29) is 17.3 Å². The number of hydrogen-bond donors (Lipinski definition) is 1. The van der Waals surface area contributed by atoms with Gasteiger partial charge in [-0.2, -0.15) is 12.6 Å². The lowest BCUT2D eigenvalue weighted by molar-refractivity contribution is -0.158. The second-order valence-electron chi connectivity index (χ2n) is 3.98. The van der Waals surface area contributed by atoms with Gasteiger partial charge in [-0.1, -0.05) is 33.6 Å². The van der Waals surface area contributed by atoms with Crippen LogP contribution in [0.3, 0.4) is 0 Å². The summed E-state index contributed by atoms with van der Waals surface area (Å²) in [5.41, 5.74) is -0.241. The van der Waals surface area contributed by atoms with Crippen molar-refractivity contribution in [1.82, 2.24) is 0 Å². The molecule has 0 aliphatic heterocycles. The fraction of sp³-hybridized carbons (Fsp3) is 0.917. The van der Waals surface area contributed by atoms with Crippen LogP contribution in [0.5, 0.6) is 0 Å². The van der Waals surface area contributed by atoms with Crippen LogP contribution in [0, 0.1) is 0 Å². The predicted molar refractivity (Wildman–Crippen MR) is 67.4 cm³/mol. The third-order valence-electron chi connectivity index (χ3n) is 2.98. The first kappa shape index (κ1) is 14.8. The zero-order valence-electron chi connectivity index (χ0n) is 10.2. The van der Waals surface area contributed by atoms with Crippen molar-refractivity contribution in [3.63, 3.8) is 0 Å². The van der Waals surface area contributed by atoms with E-state index >= 15 is 0 Å². The lowest BCUT2D eigenvalue weighted by atomic mass is 9.90. The number of hydrogen-bond acceptors (Lipinski definition) is 3. The van der Waals surface area contributed by atoms with Gasteiger partial charge >= 0.3 is 5.97 Å². The maximum Gasteiger partial charge on any atom is 0.316 e. The molecule has 0 spiro atoms. The molecule has 0 aliphatic carbocycles. The highest BCUT2D eigenvalue weighted by Gasteiger charge is 2.29. The molecule has 0 aromatic rings. The summed E-state index contributed by atoms with van der Waals surface area (Å²) in [5, 5.41) is 0. The summed E-state index contributed by atoms with van der Waals surface area (Å²) in [7, 11) is 0. The van der Waals surface area contributed by atoms with E-state index in [4.69, 9.17) is 4.74 Å². The second kappa shape index (κ2) is 8.03. The molecule has 0 rings (SSSR count). The maximum absolute atomic E-state index is 11.3. The minimum Gasteiger partial charge on any atom is -0.458 e. The van der Waals surface area contributed by atoms with Crippen molar-refractivity contribution < 1.29 is 9.53 Å². The molecular formula is C12H24O2S. The normalized spacial score (nSPS) is 11.5. The SMILES string of the molecule is CCCCCC(CC)(CC)OC(=O)CS. The van der Waals surface area contributed by atoms with E-state index in [9.17, 15) is 4.79 Å². The summed E-state index contributed by atoms with van der Waals surface area (Å²) >= 11 is 3.94. The van der Waals surface area contributed by atoms with Crippen LogP contribution in [0.2, 0.25) is 0 Å². The Kier molecular flexibility index (Phi) is 7.93. The van der Waals surface area contributed by atoms with Gasteiger partial charge in [0.15, 0.2) is 0 Å². The molecule has 0 aromatic carbocycles. The minimum absolute atomic E-state index is 0.176. The Morgan fingerprint density at radius 2 is 1.80 bits per heavy atom. The highest BCUT2D eigenvalue weighted by atomic mass is 32.1. The fourth-order valence-corrected chi connectivity index (χ4v) is 1.83. The summed E-state index contributed by atoms with van der Waals surface area (Å²) in [6, 6.07) is 0. The smallest absolute Gasteiger partial charge is 0.316 e. The molecule has 0 bridgehead atoms. The third-order valence-corrected chi connectivity index (χ3v) is 3.24. The number of rotatable bonds is 8. The van der Waals surface area contributed by atoms with Gasteiger partial charge < -0.3 is 4.74 Å². The van der Waals surface area contributed by atoms with Crippen molar-refractivity contribution in [1.29, 1.82) is 0 Å². The molecule has 0 saturated heterocycles. The van der Waals surface area contributed by atoms with Crippen LogP contribution in [0.15, 0.2) is 0 Å². The third kappa shape index (κ3) is 5.45. The van der Waals surface area contributed by atoms with Crippen molar-refractivity contribution in [3.05, 3.63) is 0 Å². The van der Waals surface area contributed by atoms with Crippen LogP contribution in [0.25, 0.3) is 0 Å². The largest absolute Gasteiger partial charge is 0.458 e. The molecule has 0 fully saturated rings. The van der Waals surface area contributed by atoms with Crippen LogP contribution in [0.1, 0.15) is 59.3 Å². The number of thiol groups is 1. The van der Waals surface area contributed by atoms with Crippen molar-refractivity contribution in [2.24, 2.45) is 0 Å². The van der Waals surface area contributed by atoms with E-state index in [1.807, 2.05) is 0 Å². The van der Waals surface area contributed by atoms with Gasteiger partial charge in [0, 0.05) is 0 Å². The van der Waals surface area contributed by atoms with E-state index in [0.29, 0.717) is 0 Å². The highest BCUT2D eigenvalue weighted by molar-refractivity contribution is 7.81. The van der Waals surface area contributed by atoms with Gasteiger partial charge in [0.2, 0.25) is 0 Å². The number of ether oxygens (including phenoxy) is 1. The summed E-state index contributed by atoms with van der Waals surface area (Å²) in [5.74, 6) is -0.0197. The van der Waals surface area contributed by atoms with Gasteiger partial charge in [-0.15, -0.1) is 0 Å². The molecule has 0 saturated carbocycles. The van der Waals surface area contributed by atoms with Crippen molar-refractivity contribution in [2.75, 3.05) is 5.75 Å². The van der Waals surface area contributed by atoms with Crippen molar-refractivity contribution in [3.8, 4) is 0 Å². The average molecular weight is 232 g/mol. The molecule has 0 radical (unpaired) electrons. The first-order chi connectivity index (χ1) is 7.14. The number of carbonyl (C=O) groups is 1. The van der Waals surface area contributed by atoms with Crippen LogP contribution in [0.4, 0.5) is 0 Å². The molecule has 90 valence electrons. The monoisotopic (exact) mass is 232 g/mol. The number of unbranched alkanes of at least 4 members (excludes halogenated alkanes) is 2. The van der Waals surface area contributed by atoms with Gasteiger partial charge in [0.1, 0.15) is 5.60 Å². The summed E-state index contributed by atoms with van der Waals surface area (Å²) in [6.07, 6.45) is 6.31. The van der Waals surface area contributed by atoms with E-state index in [2.05, 4.69) is 33.4 Å². The minimum atomic E-state index is -0.241. The molecule has 0 atom stereocenters. The lowest BCUT2D eigenvalue weighted by Gasteiger charge is -2.31. The van der Waals surface area contributed by atoms with Gasteiger partial charge in [-0.25, -0.2) is 0 Å². The molecule has 2 nitrogen and oxygen atoms in total. The Hall–Kier alpha value is -0.180. The number of esters is 1. The molecule has 0 unspecified atom stereocenters. The first-order valence-corrected chi connectivity index (χ1v) is 6.60. The summed E-state index contributed by atoms with van der Waals surface area (Å²) < 4.78 is 5.52. The zero-order valence-corrected chi connectivity index (χ0v) is 11.1. The molecule has 0 amide bonds. The van der Waals surface area contributed by atoms with E-state index in [1.165, 1.54) is 12.8 Å². The van der Waals surface area contributed by atoms with Gasteiger partial charge in [0.25, 0.3) is 0 Å². The Bertz CT molecular complexity index is 176. The topological polar surface area (TPSA) is 26.3 Å². The molecule has 0 heterocycles. The van der Waals surface area contributed by atoms with Crippen molar-refractivity contribution in [2.45, 2.75) is 64.9 Å². The van der Waals surface area contributed by atoms with Crippen LogP contribution < -0.4 is 0 Å². The Morgan fingerprint density at radius 3 is 2.20 bits per heavy atom. The Morgan fingerprint density at radius 1 is 1.20 bits per heavy atom. The second-order valence-corrected chi connectivity index (χ2v) is 4.30. The molecule has 15 heavy (non-hydrogen) atoms. The maximum atomic E-state index is 11.3. The van der Waals surface area contributed by atoms with Gasteiger partial charge in [0.05, 0.1) is 5.75 Å². The quantitative estimate of drug-likeness (QED) is 0.393. The molecule has 0 aromatic heterocycles. The summed E-state index contributed by atoms with van der Waals surface area (Å²) in [4.78, 5) is 11.3. The van der Waals surface area contributed by atoms with Gasteiger partial charge in [-0.05, 0) is 25.7 Å². The van der Waals surface area contributed by atoms with Gasteiger partial charge in [-0.3, -0.25) is 4.79 Å². The van der Waals surface area contributed by atoms with Crippen LogP contribution in [-0.4, -0.2) is 17.3 Å². The molecule has 0 N–H and O–H groups in total. The Labute approximate surface area is 99.2 Å². The standard InChI is InChI=1S/C12H24O2S/c1-4-7-8-9-12(5-2,6-3)14-11(13)10-15/h15H,4-10H2,1-3H3. The Balaban J connectivity index is 4.23. The fourth-order valence-electron chi connectivity index (χ4n) is 1.77.